The maximum Gasteiger partial charge on any atom is 0.225 e. The molecule has 90 valence electrons. The first-order valence-electron chi connectivity index (χ1n) is 5.60. The summed E-state index contributed by atoms with van der Waals surface area (Å²) in [4.78, 5) is 8.36. The van der Waals surface area contributed by atoms with Crippen molar-refractivity contribution in [2.45, 2.75) is 13.8 Å². The van der Waals surface area contributed by atoms with Gasteiger partial charge in [0.2, 0.25) is 11.8 Å². The Hall–Kier alpha value is -1.36. The van der Waals surface area contributed by atoms with Gasteiger partial charge in [-0.25, -0.2) is 4.98 Å². The molecule has 5 nitrogen and oxygen atoms in total. The molecule has 0 bridgehead atoms. The molecule has 1 rings (SSSR count). The monoisotopic (exact) mass is 224 g/mol. The third kappa shape index (κ3) is 4.44. The first-order chi connectivity index (χ1) is 7.76. The fourth-order valence-electron chi connectivity index (χ4n) is 1.34. The van der Waals surface area contributed by atoms with Gasteiger partial charge in [0.05, 0.1) is 6.61 Å². The van der Waals surface area contributed by atoms with E-state index in [9.17, 15) is 0 Å². The molecule has 0 aliphatic rings. The lowest BCUT2D eigenvalue weighted by Crippen LogP contribution is -2.23. The lowest BCUT2D eigenvalue weighted by atomic mass is 10.2. The van der Waals surface area contributed by atoms with Crippen LogP contribution in [-0.2, 0) is 0 Å². The molecular formula is C11H20N4O. The molecule has 1 atom stereocenters. The van der Waals surface area contributed by atoms with E-state index in [0.29, 0.717) is 24.4 Å². The second-order valence-electron chi connectivity index (χ2n) is 3.70. The number of nitrogens with zero attached hydrogens (tertiary/aromatic N) is 2. The van der Waals surface area contributed by atoms with Gasteiger partial charge in [0.1, 0.15) is 0 Å². The highest BCUT2D eigenvalue weighted by Crippen LogP contribution is 2.08. The minimum absolute atomic E-state index is 0.532. The Labute approximate surface area is 96.6 Å². The predicted molar refractivity (Wildman–Crippen MR) is 64.8 cm³/mol. The van der Waals surface area contributed by atoms with Crippen molar-refractivity contribution < 1.29 is 4.74 Å². The molecule has 16 heavy (non-hydrogen) atoms. The van der Waals surface area contributed by atoms with Gasteiger partial charge in [0.25, 0.3) is 0 Å². The lowest BCUT2D eigenvalue weighted by Gasteiger charge is -2.12. The van der Waals surface area contributed by atoms with Crippen molar-refractivity contribution in [3.05, 3.63) is 12.3 Å². The van der Waals surface area contributed by atoms with Crippen LogP contribution in [0, 0.1) is 5.92 Å². The van der Waals surface area contributed by atoms with E-state index in [2.05, 4.69) is 27.5 Å². The minimum Gasteiger partial charge on any atom is -0.478 e. The Bertz CT molecular complexity index is 306. The van der Waals surface area contributed by atoms with Gasteiger partial charge in [-0.05, 0) is 26.4 Å². The first-order valence-corrected chi connectivity index (χ1v) is 5.60. The molecule has 0 fully saturated rings. The average Bonchev–Trinajstić information content (AvgIpc) is 2.28. The summed E-state index contributed by atoms with van der Waals surface area (Å²) in [6.45, 7) is 6.53. The Morgan fingerprint density at radius 3 is 2.94 bits per heavy atom. The number of ether oxygens (including phenoxy) is 1. The topological polar surface area (TPSA) is 59.1 Å². The summed E-state index contributed by atoms with van der Waals surface area (Å²) in [7, 11) is 1.95. The number of hydrogen-bond donors (Lipinski definition) is 2. The molecule has 0 saturated carbocycles. The number of nitrogens with one attached hydrogen (secondary N) is 2. The molecule has 0 radical (unpaired) electrons. The van der Waals surface area contributed by atoms with Gasteiger partial charge in [-0.2, -0.15) is 4.98 Å². The van der Waals surface area contributed by atoms with E-state index in [-0.39, 0.29) is 0 Å². The third-order valence-corrected chi connectivity index (χ3v) is 2.08. The zero-order chi connectivity index (χ0) is 11.8. The fourth-order valence-corrected chi connectivity index (χ4v) is 1.34. The van der Waals surface area contributed by atoms with Crippen LogP contribution in [0.5, 0.6) is 5.88 Å². The molecule has 5 heteroatoms. The van der Waals surface area contributed by atoms with E-state index < -0.39 is 0 Å². The van der Waals surface area contributed by atoms with Crippen molar-refractivity contribution in [3.63, 3.8) is 0 Å². The molecule has 0 aromatic carbocycles. The molecule has 1 unspecified atom stereocenters. The lowest BCUT2D eigenvalue weighted by molar-refractivity contribution is 0.326. The van der Waals surface area contributed by atoms with Crippen LogP contribution in [0.4, 0.5) is 5.95 Å². The molecule has 1 aromatic rings. The quantitative estimate of drug-likeness (QED) is 0.727. The fraction of sp³-hybridized carbons (Fsp3) is 0.636. The summed E-state index contributed by atoms with van der Waals surface area (Å²) in [5.41, 5.74) is 0. The van der Waals surface area contributed by atoms with Gasteiger partial charge in [-0.15, -0.1) is 0 Å². The van der Waals surface area contributed by atoms with Crippen molar-refractivity contribution in [1.82, 2.24) is 15.3 Å². The maximum absolute atomic E-state index is 5.30. The van der Waals surface area contributed by atoms with Gasteiger partial charge < -0.3 is 15.4 Å². The number of aromatic nitrogens is 2. The number of anilines is 1. The average molecular weight is 224 g/mol. The van der Waals surface area contributed by atoms with Crippen molar-refractivity contribution in [2.75, 3.05) is 32.1 Å². The van der Waals surface area contributed by atoms with E-state index in [1.807, 2.05) is 14.0 Å². The smallest absolute Gasteiger partial charge is 0.225 e. The Morgan fingerprint density at radius 2 is 2.25 bits per heavy atom. The summed E-state index contributed by atoms with van der Waals surface area (Å²) in [5, 5.41) is 6.32. The van der Waals surface area contributed by atoms with E-state index in [1.165, 1.54) is 0 Å². The van der Waals surface area contributed by atoms with Crippen LogP contribution >= 0.6 is 0 Å². The SMILES string of the molecule is CCOc1ccnc(NCC(C)CNC)n1. The van der Waals surface area contributed by atoms with Crippen LogP contribution in [-0.4, -0.2) is 36.7 Å². The van der Waals surface area contributed by atoms with E-state index >= 15 is 0 Å². The van der Waals surface area contributed by atoms with Crippen LogP contribution in [0.15, 0.2) is 12.3 Å². The first kappa shape index (κ1) is 12.7. The highest BCUT2D eigenvalue weighted by Gasteiger charge is 2.02. The molecule has 0 aliphatic carbocycles. The molecule has 0 aliphatic heterocycles. The summed E-state index contributed by atoms with van der Waals surface area (Å²) in [6.07, 6.45) is 1.70. The predicted octanol–water partition coefficient (Wildman–Crippen LogP) is 1.14. The van der Waals surface area contributed by atoms with Gasteiger partial charge in [-0.1, -0.05) is 6.92 Å². The van der Waals surface area contributed by atoms with Gasteiger partial charge >= 0.3 is 0 Å². The normalized spacial score (nSPS) is 12.2. The number of rotatable bonds is 7. The maximum atomic E-state index is 5.30. The summed E-state index contributed by atoms with van der Waals surface area (Å²) in [6, 6.07) is 1.76. The molecular weight excluding hydrogens is 204 g/mol. The molecule has 0 amide bonds. The van der Waals surface area contributed by atoms with Crippen molar-refractivity contribution in [3.8, 4) is 5.88 Å². The van der Waals surface area contributed by atoms with Crippen LogP contribution < -0.4 is 15.4 Å². The van der Waals surface area contributed by atoms with Crippen LogP contribution in [0.25, 0.3) is 0 Å². The van der Waals surface area contributed by atoms with Crippen molar-refractivity contribution in [1.29, 1.82) is 0 Å². The van der Waals surface area contributed by atoms with Crippen LogP contribution in [0.3, 0.4) is 0 Å². The molecule has 0 spiro atoms. The summed E-state index contributed by atoms with van der Waals surface area (Å²) in [5.74, 6) is 1.76. The van der Waals surface area contributed by atoms with E-state index in [1.54, 1.807) is 12.3 Å². The van der Waals surface area contributed by atoms with E-state index in [4.69, 9.17) is 4.74 Å². The standard InChI is InChI=1S/C11H20N4O/c1-4-16-10-5-6-13-11(15-10)14-8-9(2)7-12-3/h5-6,9,12H,4,7-8H2,1-3H3,(H,13,14,15). The second kappa shape index (κ2) is 7.00. The highest BCUT2D eigenvalue weighted by atomic mass is 16.5. The number of hydrogen-bond acceptors (Lipinski definition) is 5. The Kier molecular flexibility index (Phi) is 5.56. The third-order valence-electron chi connectivity index (χ3n) is 2.08. The Morgan fingerprint density at radius 1 is 1.44 bits per heavy atom. The largest absolute Gasteiger partial charge is 0.478 e. The van der Waals surface area contributed by atoms with Gasteiger partial charge in [0, 0.05) is 18.8 Å². The molecule has 2 N–H and O–H groups in total. The summed E-state index contributed by atoms with van der Waals surface area (Å²) >= 11 is 0. The summed E-state index contributed by atoms with van der Waals surface area (Å²) < 4.78 is 5.30. The Balaban J connectivity index is 2.44. The molecule has 0 saturated heterocycles. The zero-order valence-electron chi connectivity index (χ0n) is 10.2. The van der Waals surface area contributed by atoms with Crippen molar-refractivity contribution in [2.24, 2.45) is 5.92 Å². The van der Waals surface area contributed by atoms with Crippen molar-refractivity contribution >= 4 is 5.95 Å². The van der Waals surface area contributed by atoms with Crippen LogP contribution in [0.1, 0.15) is 13.8 Å². The zero-order valence-corrected chi connectivity index (χ0v) is 10.2. The molecule has 1 heterocycles. The van der Waals surface area contributed by atoms with Gasteiger partial charge in [0.15, 0.2) is 0 Å². The van der Waals surface area contributed by atoms with Crippen LogP contribution in [0.2, 0.25) is 0 Å². The second-order valence-corrected chi connectivity index (χ2v) is 3.70. The molecule has 1 aromatic heterocycles. The highest BCUT2D eigenvalue weighted by molar-refractivity contribution is 5.27. The van der Waals surface area contributed by atoms with Gasteiger partial charge in [-0.3, -0.25) is 0 Å². The minimum atomic E-state index is 0.532. The van der Waals surface area contributed by atoms with E-state index in [0.717, 1.165) is 13.1 Å².